The number of carbonyl (C=O) groups is 1. The van der Waals surface area contributed by atoms with Gasteiger partial charge >= 0.3 is 5.97 Å². The van der Waals surface area contributed by atoms with E-state index in [2.05, 4.69) is 13.8 Å². The largest absolute Gasteiger partial charge is 0.457 e. The summed E-state index contributed by atoms with van der Waals surface area (Å²) < 4.78 is 11.1. The van der Waals surface area contributed by atoms with E-state index in [1.54, 1.807) is 0 Å². The molecule has 1 atom stereocenters. The molecule has 0 aliphatic heterocycles. The van der Waals surface area contributed by atoms with Crippen molar-refractivity contribution < 1.29 is 19.4 Å². The van der Waals surface area contributed by atoms with Crippen molar-refractivity contribution in [2.75, 3.05) is 19.8 Å². The summed E-state index contributed by atoms with van der Waals surface area (Å²) in [6.45, 7) is 5.35. The summed E-state index contributed by atoms with van der Waals surface area (Å²) in [6, 6.07) is 0. The zero-order valence-corrected chi connectivity index (χ0v) is 28.1. The minimum Gasteiger partial charge on any atom is -0.457 e. The smallest absolute Gasteiger partial charge is 0.306 e. The number of hydrogen-bond donors (Lipinski definition) is 1. The number of aliphatic hydroxyl groups excluding tert-OH is 1. The lowest BCUT2D eigenvalue weighted by molar-refractivity contribution is -0.154. The fraction of sp³-hybridized carbons (Fsp3) is 0.973. The minimum atomic E-state index is -0.522. The summed E-state index contributed by atoms with van der Waals surface area (Å²) in [7, 11) is 0. The molecule has 0 aromatic rings. The van der Waals surface area contributed by atoms with Crippen molar-refractivity contribution in [1.29, 1.82) is 0 Å². The number of unbranched alkanes of at least 4 members (excludes halogenated alkanes) is 27. The lowest BCUT2D eigenvalue weighted by atomic mass is 10.0. The Morgan fingerprint density at radius 3 is 1.15 bits per heavy atom. The molecule has 0 spiro atoms. The second-order valence-corrected chi connectivity index (χ2v) is 12.7. The first-order valence-electron chi connectivity index (χ1n) is 18.6. The molecule has 0 aromatic heterocycles. The van der Waals surface area contributed by atoms with Crippen LogP contribution in [-0.2, 0) is 14.3 Å². The molecule has 4 nitrogen and oxygen atoms in total. The summed E-state index contributed by atoms with van der Waals surface area (Å²) in [5.74, 6) is -0.201. The third kappa shape index (κ3) is 33.8. The molecule has 1 N–H and O–H groups in total. The second kappa shape index (κ2) is 35.6. The van der Waals surface area contributed by atoms with E-state index < -0.39 is 6.10 Å². The van der Waals surface area contributed by atoms with Crippen LogP contribution in [0.5, 0.6) is 0 Å². The van der Waals surface area contributed by atoms with E-state index in [9.17, 15) is 9.90 Å². The van der Waals surface area contributed by atoms with Gasteiger partial charge in [-0.1, -0.05) is 187 Å². The van der Waals surface area contributed by atoms with E-state index in [0.717, 1.165) is 19.3 Å². The van der Waals surface area contributed by atoms with Crippen LogP contribution in [0.1, 0.15) is 206 Å². The maximum absolute atomic E-state index is 12.0. The lowest BCUT2D eigenvalue weighted by Crippen LogP contribution is -2.27. The van der Waals surface area contributed by atoms with E-state index in [4.69, 9.17) is 9.47 Å². The third-order valence-electron chi connectivity index (χ3n) is 8.43. The minimum absolute atomic E-state index is 0.164. The summed E-state index contributed by atoms with van der Waals surface area (Å²) in [5.41, 5.74) is 0. The Hall–Kier alpha value is -0.610. The highest BCUT2D eigenvalue weighted by Gasteiger charge is 2.13. The molecule has 1 unspecified atom stereocenters. The standard InChI is InChI=1S/C37H74O4/c1-3-5-7-9-11-13-14-15-16-17-18-19-20-21-22-23-24-25-27-29-31-33-40-35-36(34-38)41-37(39)32-30-28-26-12-10-8-6-4-2/h36,38H,3-35H2,1-2H3. The normalized spacial score (nSPS) is 12.2. The quantitative estimate of drug-likeness (QED) is 0.0596. The van der Waals surface area contributed by atoms with E-state index in [0.29, 0.717) is 19.6 Å². The first-order valence-corrected chi connectivity index (χ1v) is 18.6. The Balaban J connectivity index is 3.31. The summed E-state index contributed by atoms with van der Waals surface area (Å²) >= 11 is 0. The Morgan fingerprint density at radius 1 is 0.488 bits per heavy atom. The maximum atomic E-state index is 12.0. The van der Waals surface area contributed by atoms with Gasteiger partial charge in [-0.2, -0.15) is 0 Å². The van der Waals surface area contributed by atoms with Crippen molar-refractivity contribution in [3.63, 3.8) is 0 Å². The summed E-state index contributed by atoms with van der Waals surface area (Å²) in [4.78, 5) is 12.0. The molecule has 0 aromatic carbocycles. The number of esters is 1. The maximum Gasteiger partial charge on any atom is 0.306 e. The Kier molecular flexibility index (Phi) is 35.1. The van der Waals surface area contributed by atoms with Crippen LogP contribution in [0.2, 0.25) is 0 Å². The van der Waals surface area contributed by atoms with Gasteiger partial charge in [-0.15, -0.1) is 0 Å². The highest BCUT2D eigenvalue weighted by atomic mass is 16.6. The molecule has 4 heteroatoms. The van der Waals surface area contributed by atoms with E-state index in [1.807, 2.05) is 0 Å². The Morgan fingerprint density at radius 2 is 0.805 bits per heavy atom. The molecule has 0 aliphatic rings. The van der Waals surface area contributed by atoms with Crippen molar-refractivity contribution >= 4 is 5.97 Å². The average molecular weight is 583 g/mol. The van der Waals surface area contributed by atoms with Crippen LogP contribution >= 0.6 is 0 Å². The van der Waals surface area contributed by atoms with Crippen molar-refractivity contribution in [3.05, 3.63) is 0 Å². The number of ether oxygens (including phenoxy) is 2. The monoisotopic (exact) mass is 583 g/mol. The number of carbonyl (C=O) groups excluding carboxylic acids is 1. The van der Waals surface area contributed by atoms with Gasteiger partial charge in [-0.05, 0) is 12.8 Å². The van der Waals surface area contributed by atoms with E-state index >= 15 is 0 Å². The zero-order valence-electron chi connectivity index (χ0n) is 28.1. The highest BCUT2D eigenvalue weighted by Crippen LogP contribution is 2.15. The van der Waals surface area contributed by atoms with Crippen LogP contribution in [0.3, 0.4) is 0 Å². The van der Waals surface area contributed by atoms with Gasteiger partial charge in [0, 0.05) is 13.0 Å². The number of rotatable bonds is 35. The zero-order chi connectivity index (χ0) is 29.9. The van der Waals surface area contributed by atoms with Crippen molar-refractivity contribution in [1.82, 2.24) is 0 Å². The molecular formula is C37H74O4. The third-order valence-corrected chi connectivity index (χ3v) is 8.43. The molecule has 0 fully saturated rings. The fourth-order valence-electron chi connectivity index (χ4n) is 5.62. The molecular weight excluding hydrogens is 508 g/mol. The highest BCUT2D eigenvalue weighted by molar-refractivity contribution is 5.69. The van der Waals surface area contributed by atoms with Crippen molar-refractivity contribution in [3.8, 4) is 0 Å². The van der Waals surface area contributed by atoms with Crippen LogP contribution in [0.15, 0.2) is 0 Å². The second-order valence-electron chi connectivity index (χ2n) is 12.7. The molecule has 0 radical (unpaired) electrons. The van der Waals surface area contributed by atoms with Crippen LogP contribution in [0, 0.1) is 0 Å². The first-order chi connectivity index (χ1) is 20.2. The lowest BCUT2D eigenvalue weighted by Gasteiger charge is -2.16. The van der Waals surface area contributed by atoms with Crippen LogP contribution in [0.4, 0.5) is 0 Å². The predicted molar refractivity (Wildman–Crippen MR) is 178 cm³/mol. The molecule has 0 amide bonds. The Labute approximate surface area is 257 Å². The van der Waals surface area contributed by atoms with E-state index in [-0.39, 0.29) is 12.6 Å². The number of hydrogen-bond acceptors (Lipinski definition) is 4. The van der Waals surface area contributed by atoms with Crippen LogP contribution in [-0.4, -0.2) is 37.0 Å². The molecule has 246 valence electrons. The predicted octanol–water partition coefficient (Wildman–Crippen LogP) is 11.6. The van der Waals surface area contributed by atoms with Gasteiger partial charge in [0.2, 0.25) is 0 Å². The topological polar surface area (TPSA) is 55.8 Å². The molecule has 0 saturated heterocycles. The summed E-state index contributed by atoms with van der Waals surface area (Å²) in [5, 5.41) is 9.51. The first kappa shape index (κ1) is 40.4. The average Bonchev–Trinajstić information content (AvgIpc) is 2.98. The number of aliphatic hydroxyl groups is 1. The van der Waals surface area contributed by atoms with Gasteiger partial charge in [-0.25, -0.2) is 0 Å². The van der Waals surface area contributed by atoms with Gasteiger partial charge in [0.1, 0.15) is 6.10 Å². The van der Waals surface area contributed by atoms with Crippen molar-refractivity contribution in [2.24, 2.45) is 0 Å². The molecule has 41 heavy (non-hydrogen) atoms. The molecule has 0 heterocycles. The van der Waals surface area contributed by atoms with Gasteiger partial charge in [0.15, 0.2) is 0 Å². The van der Waals surface area contributed by atoms with E-state index in [1.165, 1.54) is 167 Å². The summed E-state index contributed by atoms with van der Waals surface area (Å²) in [6.07, 6.45) is 38.7. The van der Waals surface area contributed by atoms with Crippen molar-refractivity contribution in [2.45, 2.75) is 213 Å². The SMILES string of the molecule is CCCCCCCCCCCCCCCCCCCCCCCOCC(CO)OC(=O)CCCCCCCCCC. The fourth-order valence-corrected chi connectivity index (χ4v) is 5.62. The molecule has 0 saturated carbocycles. The van der Waals surface area contributed by atoms with Crippen LogP contribution in [0.25, 0.3) is 0 Å². The Bertz CT molecular complexity index is 495. The molecule has 0 bridgehead atoms. The van der Waals surface area contributed by atoms with Gasteiger partial charge in [0.05, 0.1) is 13.2 Å². The van der Waals surface area contributed by atoms with Gasteiger partial charge < -0.3 is 14.6 Å². The molecule has 0 rings (SSSR count). The molecule has 0 aliphatic carbocycles. The van der Waals surface area contributed by atoms with Crippen LogP contribution < -0.4 is 0 Å². The van der Waals surface area contributed by atoms with Gasteiger partial charge in [-0.3, -0.25) is 4.79 Å². The van der Waals surface area contributed by atoms with Gasteiger partial charge in [0.25, 0.3) is 0 Å².